The van der Waals surface area contributed by atoms with Crippen LogP contribution in [0.4, 0.5) is 11.5 Å². The third-order valence-electron chi connectivity index (χ3n) is 2.64. The van der Waals surface area contributed by atoms with Crippen molar-refractivity contribution in [1.29, 1.82) is 0 Å². The molecule has 102 valence electrons. The molecule has 2 heterocycles. The Labute approximate surface area is 114 Å². The van der Waals surface area contributed by atoms with Crippen molar-refractivity contribution >= 4 is 32.6 Å². The minimum atomic E-state index is -3.79. The Balaban J connectivity index is 1.99. The minimum absolute atomic E-state index is 0.0157. The monoisotopic (exact) mass is 290 g/mol. The maximum atomic E-state index is 12.1. The lowest BCUT2D eigenvalue weighted by Crippen LogP contribution is -2.13. The summed E-state index contributed by atoms with van der Waals surface area (Å²) >= 11 is 0. The van der Waals surface area contributed by atoms with E-state index in [4.69, 9.17) is 5.73 Å². The van der Waals surface area contributed by atoms with E-state index in [9.17, 15) is 8.42 Å². The van der Waals surface area contributed by atoms with Crippen molar-refractivity contribution in [1.82, 2.24) is 20.2 Å². The normalized spacial score (nSPS) is 11.6. The first-order chi connectivity index (χ1) is 9.56. The topological polar surface area (TPSA) is 127 Å². The van der Waals surface area contributed by atoms with Crippen molar-refractivity contribution < 1.29 is 8.42 Å². The predicted octanol–water partition coefficient (Wildman–Crippen LogP) is 0.736. The summed E-state index contributed by atoms with van der Waals surface area (Å²) < 4.78 is 26.7. The van der Waals surface area contributed by atoms with Gasteiger partial charge in [-0.2, -0.15) is 5.10 Å². The summed E-state index contributed by atoms with van der Waals surface area (Å²) in [5.74, 6) is -0.0157. The first-order valence-electron chi connectivity index (χ1n) is 5.59. The number of hydrogen-bond donors (Lipinski definition) is 3. The van der Waals surface area contributed by atoms with Crippen LogP contribution >= 0.6 is 0 Å². The molecule has 3 aromatic rings. The number of fused-ring (bicyclic) bond motifs is 1. The number of anilines is 2. The van der Waals surface area contributed by atoms with Crippen LogP contribution in [0.5, 0.6) is 0 Å². The molecule has 20 heavy (non-hydrogen) atoms. The van der Waals surface area contributed by atoms with E-state index in [1.807, 2.05) is 0 Å². The molecule has 0 unspecified atom stereocenters. The zero-order chi connectivity index (χ0) is 14.2. The van der Waals surface area contributed by atoms with E-state index in [2.05, 4.69) is 24.9 Å². The van der Waals surface area contributed by atoms with E-state index in [-0.39, 0.29) is 10.7 Å². The van der Waals surface area contributed by atoms with Gasteiger partial charge in [-0.1, -0.05) is 0 Å². The Morgan fingerprint density at radius 1 is 1.15 bits per heavy atom. The molecule has 8 nitrogen and oxygen atoms in total. The standard InChI is InChI=1S/C11H10N6O2S/c12-11-10(6-15-16-11)20(18,19)17-7-1-2-8-9(5-7)14-4-3-13-8/h1-6,17H,(H3,12,15,16). The first kappa shape index (κ1) is 12.4. The number of hydrogen-bond acceptors (Lipinski definition) is 6. The molecule has 0 saturated heterocycles. The molecule has 0 radical (unpaired) electrons. The van der Waals surface area contributed by atoms with Crippen LogP contribution in [0.3, 0.4) is 0 Å². The third kappa shape index (κ3) is 2.14. The van der Waals surface area contributed by atoms with Crippen LogP contribution in [0.2, 0.25) is 0 Å². The van der Waals surface area contributed by atoms with Crippen LogP contribution in [-0.2, 0) is 10.0 Å². The van der Waals surface area contributed by atoms with Gasteiger partial charge in [0, 0.05) is 12.4 Å². The molecule has 0 atom stereocenters. The van der Waals surface area contributed by atoms with Crippen molar-refractivity contribution in [3.05, 3.63) is 36.8 Å². The summed E-state index contributed by atoms with van der Waals surface area (Å²) in [6.07, 6.45) is 4.26. The van der Waals surface area contributed by atoms with Gasteiger partial charge >= 0.3 is 0 Å². The Morgan fingerprint density at radius 3 is 2.60 bits per heavy atom. The molecule has 0 bridgehead atoms. The highest BCUT2D eigenvalue weighted by Crippen LogP contribution is 2.21. The lowest BCUT2D eigenvalue weighted by molar-refractivity contribution is 0.601. The number of H-pyrrole nitrogens is 1. The molecular formula is C11H10N6O2S. The molecule has 0 fully saturated rings. The summed E-state index contributed by atoms with van der Waals surface area (Å²) in [5, 5.41) is 5.96. The van der Waals surface area contributed by atoms with Crippen LogP contribution < -0.4 is 10.5 Å². The third-order valence-corrected chi connectivity index (χ3v) is 4.05. The molecule has 9 heteroatoms. The number of nitrogens with zero attached hydrogens (tertiary/aromatic N) is 3. The molecule has 0 aliphatic carbocycles. The van der Waals surface area contributed by atoms with Crippen molar-refractivity contribution in [3.63, 3.8) is 0 Å². The van der Waals surface area contributed by atoms with Crippen molar-refractivity contribution in [2.24, 2.45) is 0 Å². The van der Waals surface area contributed by atoms with Crippen LogP contribution in [0, 0.1) is 0 Å². The van der Waals surface area contributed by atoms with Gasteiger partial charge in [0.15, 0.2) is 0 Å². The maximum absolute atomic E-state index is 12.1. The van der Waals surface area contributed by atoms with Gasteiger partial charge in [-0.15, -0.1) is 0 Å². The average Bonchev–Trinajstić information content (AvgIpc) is 2.85. The Morgan fingerprint density at radius 2 is 1.90 bits per heavy atom. The van der Waals surface area contributed by atoms with Gasteiger partial charge in [0.1, 0.15) is 10.7 Å². The quantitative estimate of drug-likeness (QED) is 0.652. The zero-order valence-electron chi connectivity index (χ0n) is 10.1. The highest BCUT2D eigenvalue weighted by atomic mass is 32.2. The van der Waals surface area contributed by atoms with Crippen molar-refractivity contribution in [3.8, 4) is 0 Å². The van der Waals surface area contributed by atoms with Crippen LogP contribution in [-0.4, -0.2) is 28.6 Å². The molecule has 2 aromatic heterocycles. The van der Waals surface area contributed by atoms with Gasteiger partial charge in [-0.25, -0.2) is 8.42 Å². The Bertz CT molecular complexity index is 873. The number of aromatic amines is 1. The van der Waals surface area contributed by atoms with Crippen LogP contribution in [0.15, 0.2) is 41.7 Å². The average molecular weight is 290 g/mol. The fourth-order valence-electron chi connectivity index (χ4n) is 1.74. The molecule has 0 aliphatic heterocycles. The molecule has 0 saturated carbocycles. The van der Waals surface area contributed by atoms with Crippen LogP contribution in [0.25, 0.3) is 11.0 Å². The number of nitrogens with two attached hydrogens (primary N) is 1. The minimum Gasteiger partial charge on any atom is -0.383 e. The smallest absolute Gasteiger partial charge is 0.267 e. The van der Waals surface area contributed by atoms with Gasteiger partial charge in [-0.3, -0.25) is 19.8 Å². The van der Waals surface area contributed by atoms with Gasteiger partial charge in [0.05, 0.1) is 22.9 Å². The molecule has 4 N–H and O–H groups in total. The maximum Gasteiger partial charge on any atom is 0.267 e. The second-order valence-corrected chi connectivity index (χ2v) is 5.66. The summed E-state index contributed by atoms with van der Waals surface area (Å²) in [4.78, 5) is 8.12. The zero-order valence-corrected chi connectivity index (χ0v) is 10.9. The summed E-state index contributed by atoms with van der Waals surface area (Å²) in [7, 11) is -3.79. The largest absolute Gasteiger partial charge is 0.383 e. The van der Waals surface area contributed by atoms with E-state index >= 15 is 0 Å². The molecule has 0 aliphatic rings. The van der Waals surface area contributed by atoms with Gasteiger partial charge in [0.25, 0.3) is 10.0 Å². The highest BCUT2D eigenvalue weighted by Gasteiger charge is 2.19. The fraction of sp³-hybridized carbons (Fsp3) is 0. The highest BCUT2D eigenvalue weighted by molar-refractivity contribution is 7.92. The number of aromatic nitrogens is 4. The molecular weight excluding hydrogens is 280 g/mol. The number of nitrogens with one attached hydrogen (secondary N) is 2. The van der Waals surface area contributed by atoms with E-state index in [1.54, 1.807) is 24.4 Å². The van der Waals surface area contributed by atoms with Gasteiger partial charge in [0.2, 0.25) is 0 Å². The van der Waals surface area contributed by atoms with Gasteiger partial charge < -0.3 is 5.73 Å². The number of nitrogen functional groups attached to an aromatic ring is 1. The second-order valence-electron chi connectivity index (χ2n) is 4.01. The SMILES string of the molecule is Nc1[nH]ncc1S(=O)(=O)Nc1ccc2nccnc2c1. The molecule has 0 spiro atoms. The molecule has 0 amide bonds. The van der Waals surface area contributed by atoms with E-state index in [0.29, 0.717) is 16.7 Å². The van der Waals surface area contributed by atoms with Gasteiger partial charge in [-0.05, 0) is 18.2 Å². The van der Waals surface area contributed by atoms with E-state index < -0.39 is 10.0 Å². The van der Waals surface area contributed by atoms with E-state index in [1.165, 1.54) is 6.20 Å². The second kappa shape index (κ2) is 4.46. The van der Waals surface area contributed by atoms with Crippen molar-refractivity contribution in [2.45, 2.75) is 4.90 Å². The predicted molar refractivity (Wildman–Crippen MR) is 73.3 cm³/mol. The lowest BCUT2D eigenvalue weighted by Gasteiger charge is -2.07. The summed E-state index contributed by atoms with van der Waals surface area (Å²) in [6.45, 7) is 0. The molecule has 1 aromatic carbocycles. The Hall–Kier alpha value is -2.68. The number of rotatable bonds is 3. The van der Waals surface area contributed by atoms with Crippen LogP contribution in [0.1, 0.15) is 0 Å². The number of sulfonamides is 1. The van der Waals surface area contributed by atoms with E-state index in [0.717, 1.165) is 6.20 Å². The fourth-order valence-corrected chi connectivity index (χ4v) is 2.81. The molecule has 3 rings (SSSR count). The summed E-state index contributed by atoms with van der Waals surface area (Å²) in [6, 6.07) is 4.87. The first-order valence-corrected chi connectivity index (χ1v) is 7.07. The lowest BCUT2D eigenvalue weighted by atomic mass is 10.3. The van der Waals surface area contributed by atoms with Crippen molar-refractivity contribution in [2.75, 3.05) is 10.5 Å². The number of benzene rings is 1. The summed E-state index contributed by atoms with van der Waals surface area (Å²) in [5.41, 5.74) is 7.15. The Kier molecular flexibility index (Phi) is 2.75.